The zero-order valence-electron chi connectivity index (χ0n) is 22.9. The van der Waals surface area contributed by atoms with E-state index in [2.05, 4.69) is 16.0 Å². The number of anilines is 1. The second kappa shape index (κ2) is 10.6. The van der Waals surface area contributed by atoms with E-state index in [1.54, 1.807) is 19.1 Å². The highest BCUT2D eigenvalue weighted by molar-refractivity contribution is 6.29. The normalized spacial score (nSPS) is 33.3. The van der Waals surface area contributed by atoms with Gasteiger partial charge in [0, 0.05) is 34.8 Å². The number of rotatable bonds is 7. The summed E-state index contributed by atoms with van der Waals surface area (Å²) in [6.45, 7) is 8.73. The Hall–Kier alpha value is -2.36. The fraction of sp³-hybridized carbons (Fsp3) is 0.586. The van der Waals surface area contributed by atoms with E-state index in [1.807, 2.05) is 27.7 Å². The number of nitrogens with one attached hydrogen (secondary N) is 3. The van der Waals surface area contributed by atoms with Crippen molar-refractivity contribution in [3.05, 3.63) is 52.6 Å². The first-order valence-electron chi connectivity index (χ1n) is 13.3. The highest BCUT2D eigenvalue weighted by Gasteiger charge is 2.66. The molecule has 1 aromatic rings. The van der Waals surface area contributed by atoms with Crippen LogP contribution in [0.1, 0.15) is 59.4 Å². The first kappa shape index (κ1) is 29.6. The zero-order chi connectivity index (χ0) is 28.9. The molecule has 1 saturated carbocycles. The predicted molar refractivity (Wildman–Crippen MR) is 145 cm³/mol. The summed E-state index contributed by atoms with van der Waals surface area (Å²) in [5, 5.41) is 19.3. The van der Waals surface area contributed by atoms with E-state index in [0.29, 0.717) is 24.8 Å². The van der Waals surface area contributed by atoms with Gasteiger partial charge in [-0.25, -0.2) is 13.2 Å². The Bertz CT molecular complexity index is 1200. The topological polar surface area (TPSA) is 90.5 Å². The molecule has 2 amide bonds. The third kappa shape index (κ3) is 5.63. The summed E-state index contributed by atoms with van der Waals surface area (Å²) in [5.74, 6) is -4.10. The number of benzene rings is 1. The number of allylic oxidation sites excluding steroid dienone is 4. The van der Waals surface area contributed by atoms with Crippen LogP contribution in [-0.2, 0) is 15.0 Å². The molecule has 2 fully saturated rings. The molecule has 0 radical (unpaired) electrons. The van der Waals surface area contributed by atoms with Gasteiger partial charge in [0.15, 0.2) is 11.6 Å². The summed E-state index contributed by atoms with van der Waals surface area (Å²) in [4.78, 5) is 27.8. The lowest BCUT2D eigenvalue weighted by molar-refractivity contribution is -0.128. The third-order valence-corrected chi connectivity index (χ3v) is 8.38. The van der Waals surface area contributed by atoms with Gasteiger partial charge in [0.05, 0.1) is 17.1 Å². The smallest absolute Gasteiger partial charge is 0.237 e. The molecule has 0 aromatic heterocycles. The quantitative estimate of drug-likeness (QED) is 0.354. The first-order valence-corrected chi connectivity index (χ1v) is 13.7. The van der Waals surface area contributed by atoms with E-state index in [-0.39, 0.29) is 28.1 Å². The summed E-state index contributed by atoms with van der Waals surface area (Å²) >= 11 is 5.83. The molecular formula is C29H37ClF3N3O3. The number of alkyl halides is 1. The SMILES string of the molecule is CC(/C=C\C=C(\Cl)CF)[C@H]1[C@H](C(=O)NC2CC(C)(O)C2)N[C@H](CC(C)(C)C)[C@]12C(=O)Nc1cc(F)c(F)cc12. The molecule has 39 heavy (non-hydrogen) atoms. The Morgan fingerprint density at radius 3 is 2.51 bits per heavy atom. The van der Waals surface area contributed by atoms with Crippen molar-refractivity contribution in [1.82, 2.24) is 10.6 Å². The van der Waals surface area contributed by atoms with Crippen LogP contribution in [-0.4, -0.2) is 47.3 Å². The minimum absolute atomic E-state index is 0.00357. The summed E-state index contributed by atoms with van der Waals surface area (Å²) in [6.07, 6.45) is 5.99. The Morgan fingerprint density at radius 1 is 1.28 bits per heavy atom. The standard InChI is InChI=1S/C29H37ClF3N3O3/c1-15(7-6-8-16(30)14-31)23-24(25(37)34-17-11-28(5,39)12-17)36-22(13-27(2,3)4)29(23)18-9-19(32)20(33)10-21(18)35-26(29)38/h6-10,15,17,22-24,36,39H,11-14H2,1-5H3,(H,34,37)(H,35,38)/b7-6-,16-8+/t15?,17?,22-,23+,24-,28?,29+/m1/s1. The summed E-state index contributed by atoms with van der Waals surface area (Å²) in [6, 6.07) is 0.368. The van der Waals surface area contributed by atoms with Crippen molar-refractivity contribution in [2.45, 2.75) is 83.0 Å². The lowest BCUT2D eigenvalue weighted by Gasteiger charge is -2.42. The van der Waals surface area contributed by atoms with Crippen LogP contribution in [0.3, 0.4) is 0 Å². The lowest BCUT2D eigenvalue weighted by atomic mass is 9.61. The van der Waals surface area contributed by atoms with Gasteiger partial charge in [0.2, 0.25) is 11.8 Å². The molecule has 10 heteroatoms. The summed E-state index contributed by atoms with van der Waals surface area (Å²) in [7, 11) is 0. The lowest BCUT2D eigenvalue weighted by Crippen LogP contribution is -2.58. The summed E-state index contributed by atoms with van der Waals surface area (Å²) < 4.78 is 41.8. The minimum Gasteiger partial charge on any atom is -0.390 e. The maximum Gasteiger partial charge on any atom is 0.237 e. The summed E-state index contributed by atoms with van der Waals surface area (Å²) in [5.41, 5.74) is -2.05. The number of carbonyl (C=O) groups is 2. The molecule has 6 nitrogen and oxygen atoms in total. The van der Waals surface area contributed by atoms with Crippen LogP contribution in [0.4, 0.5) is 18.9 Å². The van der Waals surface area contributed by atoms with Crippen molar-refractivity contribution in [2.24, 2.45) is 17.3 Å². The van der Waals surface area contributed by atoms with Gasteiger partial charge in [0.25, 0.3) is 0 Å². The van der Waals surface area contributed by atoms with Crippen molar-refractivity contribution < 1.29 is 27.9 Å². The maximum atomic E-state index is 14.7. The van der Waals surface area contributed by atoms with E-state index < -0.39 is 59.2 Å². The molecule has 2 heterocycles. The number of aliphatic hydroxyl groups is 1. The number of halogens is 4. The van der Waals surface area contributed by atoms with Gasteiger partial charge in [-0.1, -0.05) is 51.4 Å². The van der Waals surface area contributed by atoms with Gasteiger partial charge < -0.3 is 21.1 Å². The first-order chi connectivity index (χ1) is 18.1. The van der Waals surface area contributed by atoms with Gasteiger partial charge in [-0.05, 0) is 55.2 Å². The van der Waals surface area contributed by atoms with Crippen LogP contribution >= 0.6 is 11.6 Å². The number of hydrogen-bond acceptors (Lipinski definition) is 4. The molecule has 5 atom stereocenters. The molecule has 1 aromatic carbocycles. The van der Waals surface area contributed by atoms with Crippen LogP contribution in [0.25, 0.3) is 0 Å². The van der Waals surface area contributed by atoms with Crippen molar-refractivity contribution in [1.29, 1.82) is 0 Å². The van der Waals surface area contributed by atoms with Gasteiger partial charge in [-0.3, -0.25) is 9.59 Å². The highest BCUT2D eigenvalue weighted by atomic mass is 35.5. The average molecular weight is 568 g/mol. The number of fused-ring (bicyclic) bond motifs is 2. The minimum atomic E-state index is -1.40. The molecule has 4 rings (SSSR count). The zero-order valence-corrected chi connectivity index (χ0v) is 23.6. The molecular weight excluding hydrogens is 531 g/mol. The van der Waals surface area contributed by atoms with Crippen LogP contribution in [0.5, 0.6) is 0 Å². The Kier molecular flexibility index (Phi) is 8.02. The maximum absolute atomic E-state index is 14.7. The van der Waals surface area contributed by atoms with E-state index in [9.17, 15) is 27.9 Å². The highest BCUT2D eigenvalue weighted by Crippen LogP contribution is 2.55. The molecule has 4 N–H and O–H groups in total. The Balaban J connectivity index is 1.84. The molecule has 214 valence electrons. The van der Waals surface area contributed by atoms with E-state index in [0.717, 1.165) is 12.1 Å². The van der Waals surface area contributed by atoms with E-state index in [4.69, 9.17) is 11.6 Å². The molecule has 1 spiro atoms. The predicted octanol–water partition coefficient (Wildman–Crippen LogP) is 4.86. The fourth-order valence-corrected chi connectivity index (χ4v) is 6.72. The van der Waals surface area contributed by atoms with Gasteiger partial charge in [-0.15, -0.1) is 0 Å². The number of hydrogen-bond donors (Lipinski definition) is 4. The van der Waals surface area contributed by atoms with Crippen molar-refractivity contribution in [3.8, 4) is 0 Å². The number of carbonyl (C=O) groups excluding carboxylic acids is 2. The van der Waals surface area contributed by atoms with Crippen molar-refractivity contribution >= 4 is 29.1 Å². The largest absolute Gasteiger partial charge is 0.390 e. The van der Waals surface area contributed by atoms with Gasteiger partial charge in [-0.2, -0.15) is 0 Å². The van der Waals surface area contributed by atoms with E-state index >= 15 is 0 Å². The Labute approximate surface area is 232 Å². The molecule has 2 aliphatic heterocycles. The number of amides is 2. The molecule has 1 saturated heterocycles. The van der Waals surface area contributed by atoms with Gasteiger partial charge in [0.1, 0.15) is 6.67 Å². The molecule has 1 unspecified atom stereocenters. The van der Waals surface area contributed by atoms with Crippen LogP contribution in [0.15, 0.2) is 35.4 Å². The third-order valence-electron chi connectivity index (χ3n) is 8.15. The fourth-order valence-electron chi connectivity index (χ4n) is 6.65. The van der Waals surface area contributed by atoms with Crippen molar-refractivity contribution in [2.75, 3.05) is 12.0 Å². The average Bonchev–Trinajstić information content (AvgIpc) is 3.27. The molecule has 3 aliphatic rings. The van der Waals surface area contributed by atoms with Crippen LogP contribution < -0.4 is 16.0 Å². The van der Waals surface area contributed by atoms with Crippen LogP contribution in [0.2, 0.25) is 0 Å². The molecule has 1 aliphatic carbocycles. The molecule has 0 bridgehead atoms. The van der Waals surface area contributed by atoms with E-state index in [1.165, 1.54) is 6.08 Å². The second-order valence-electron chi connectivity index (χ2n) is 12.7. The van der Waals surface area contributed by atoms with Crippen LogP contribution in [0, 0.1) is 28.9 Å². The Morgan fingerprint density at radius 2 is 1.92 bits per heavy atom. The van der Waals surface area contributed by atoms with Crippen molar-refractivity contribution in [3.63, 3.8) is 0 Å². The second-order valence-corrected chi connectivity index (χ2v) is 13.2. The van der Waals surface area contributed by atoms with Gasteiger partial charge >= 0.3 is 0 Å². The monoisotopic (exact) mass is 567 g/mol.